The van der Waals surface area contributed by atoms with Crippen molar-refractivity contribution in [2.45, 2.75) is 19.4 Å². The van der Waals surface area contributed by atoms with Crippen LogP contribution >= 0.6 is 0 Å². The van der Waals surface area contributed by atoms with Crippen LogP contribution in [0.3, 0.4) is 0 Å². The van der Waals surface area contributed by atoms with Gasteiger partial charge in [-0.15, -0.1) is 0 Å². The Hall–Kier alpha value is -3.32. The van der Waals surface area contributed by atoms with E-state index in [-0.39, 0.29) is 29.4 Å². The van der Waals surface area contributed by atoms with Crippen LogP contribution in [0.1, 0.15) is 29.2 Å². The molecular weight excluding hydrogens is 386 g/mol. The predicted octanol–water partition coefficient (Wildman–Crippen LogP) is 3.17. The molecule has 1 heterocycles. The number of Topliss-reactive ketones (excluding diaryl/α,β-unsaturated/α-hetero) is 1. The predicted molar refractivity (Wildman–Crippen MR) is 111 cm³/mol. The van der Waals surface area contributed by atoms with Crippen molar-refractivity contribution in [3.63, 3.8) is 0 Å². The molecule has 1 atom stereocenters. The maximum Gasteiger partial charge on any atom is 0.295 e. The zero-order valence-corrected chi connectivity index (χ0v) is 17.2. The Kier molecular flexibility index (Phi) is 6.42. The Labute approximate surface area is 175 Å². The smallest absolute Gasteiger partial charge is 0.295 e. The van der Waals surface area contributed by atoms with E-state index in [4.69, 9.17) is 9.47 Å². The minimum absolute atomic E-state index is 0.00835. The van der Waals surface area contributed by atoms with Gasteiger partial charge in [-0.3, -0.25) is 9.59 Å². The number of rotatable bonds is 7. The lowest BCUT2D eigenvalue weighted by Crippen LogP contribution is -2.31. The highest BCUT2D eigenvalue weighted by molar-refractivity contribution is 6.46. The third-order valence-electron chi connectivity index (χ3n) is 5.13. The van der Waals surface area contributed by atoms with Gasteiger partial charge < -0.3 is 24.6 Å². The molecule has 1 amide bonds. The van der Waals surface area contributed by atoms with Crippen molar-refractivity contribution in [2.75, 3.05) is 27.4 Å². The van der Waals surface area contributed by atoms with Crippen LogP contribution in [-0.4, -0.2) is 54.2 Å². The second-order valence-electron chi connectivity index (χ2n) is 7.14. The van der Waals surface area contributed by atoms with Crippen LogP contribution < -0.4 is 4.74 Å². The number of hydrogen-bond donors (Lipinski definition) is 2. The van der Waals surface area contributed by atoms with Crippen molar-refractivity contribution in [3.05, 3.63) is 64.7 Å². The molecule has 0 radical (unpaired) electrons. The van der Waals surface area contributed by atoms with Gasteiger partial charge in [0.1, 0.15) is 5.76 Å². The SMILES string of the molecule is COCCCN1C(=O)C(=O)C(=C(O)c2ccc(C)cc2)C1c1ccc(O)c(OC)c1. The molecule has 2 N–H and O–H groups in total. The number of hydrogen-bond acceptors (Lipinski definition) is 6. The van der Waals surface area contributed by atoms with E-state index in [1.807, 2.05) is 19.1 Å². The largest absolute Gasteiger partial charge is 0.507 e. The number of aliphatic hydroxyl groups is 1. The van der Waals surface area contributed by atoms with E-state index in [0.29, 0.717) is 24.2 Å². The van der Waals surface area contributed by atoms with Gasteiger partial charge in [0.15, 0.2) is 11.5 Å². The molecular formula is C23H25NO6. The van der Waals surface area contributed by atoms with Crippen molar-refractivity contribution < 1.29 is 29.3 Å². The molecule has 0 bridgehead atoms. The van der Waals surface area contributed by atoms with Crippen molar-refractivity contribution in [1.29, 1.82) is 0 Å². The number of phenols is 1. The zero-order chi connectivity index (χ0) is 21.8. The van der Waals surface area contributed by atoms with Crippen LogP contribution in [-0.2, 0) is 14.3 Å². The molecule has 0 spiro atoms. The first kappa shape index (κ1) is 21.4. The van der Waals surface area contributed by atoms with Gasteiger partial charge in [0.05, 0.1) is 18.7 Å². The van der Waals surface area contributed by atoms with Crippen LogP contribution in [0, 0.1) is 6.92 Å². The fourth-order valence-corrected chi connectivity index (χ4v) is 3.57. The van der Waals surface area contributed by atoms with Crippen LogP contribution in [0.2, 0.25) is 0 Å². The maximum absolute atomic E-state index is 12.9. The summed E-state index contributed by atoms with van der Waals surface area (Å²) in [6.07, 6.45) is 0.528. The maximum atomic E-state index is 12.9. The molecule has 0 saturated carbocycles. The van der Waals surface area contributed by atoms with Gasteiger partial charge in [-0.25, -0.2) is 0 Å². The Balaban J connectivity index is 2.15. The summed E-state index contributed by atoms with van der Waals surface area (Å²) in [7, 11) is 2.98. The molecule has 7 nitrogen and oxygen atoms in total. The molecule has 0 aliphatic carbocycles. The molecule has 3 rings (SSSR count). The highest BCUT2D eigenvalue weighted by atomic mass is 16.5. The van der Waals surface area contributed by atoms with E-state index in [1.54, 1.807) is 31.4 Å². The molecule has 1 unspecified atom stereocenters. The lowest BCUT2D eigenvalue weighted by atomic mass is 9.94. The van der Waals surface area contributed by atoms with Gasteiger partial charge in [0.2, 0.25) is 0 Å². The van der Waals surface area contributed by atoms with Crippen molar-refractivity contribution in [1.82, 2.24) is 4.90 Å². The third kappa shape index (κ3) is 4.02. The fourth-order valence-electron chi connectivity index (χ4n) is 3.57. The standard InChI is InChI=1S/C23H25NO6/c1-14-5-7-15(8-6-14)21(26)19-20(16-9-10-17(25)18(13-16)30-3)24(11-4-12-29-2)23(28)22(19)27/h5-10,13,20,25-26H,4,11-12H2,1-3H3. The van der Waals surface area contributed by atoms with Crippen molar-refractivity contribution >= 4 is 17.4 Å². The van der Waals surface area contributed by atoms with Gasteiger partial charge in [-0.05, 0) is 31.0 Å². The lowest BCUT2D eigenvalue weighted by molar-refractivity contribution is -0.140. The summed E-state index contributed by atoms with van der Waals surface area (Å²) in [5.41, 5.74) is 2.02. The summed E-state index contributed by atoms with van der Waals surface area (Å²) >= 11 is 0. The van der Waals surface area contributed by atoms with Crippen LogP contribution in [0.5, 0.6) is 11.5 Å². The highest BCUT2D eigenvalue weighted by Crippen LogP contribution is 2.41. The molecule has 158 valence electrons. The molecule has 1 saturated heterocycles. The molecule has 30 heavy (non-hydrogen) atoms. The monoisotopic (exact) mass is 411 g/mol. The number of nitrogens with zero attached hydrogens (tertiary/aromatic N) is 1. The number of phenolic OH excluding ortho intramolecular Hbond substituents is 1. The Bertz CT molecular complexity index is 980. The number of aromatic hydroxyl groups is 1. The summed E-state index contributed by atoms with van der Waals surface area (Å²) in [6, 6.07) is 10.9. The number of ketones is 1. The molecule has 1 aliphatic rings. The fraction of sp³-hybridized carbons (Fsp3) is 0.304. The van der Waals surface area contributed by atoms with Crippen molar-refractivity contribution in [3.8, 4) is 11.5 Å². The Morgan fingerprint density at radius 1 is 1.10 bits per heavy atom. The average Bonchev–Trinajstić information content (AvgIpc) is 2.99. The third-order valence-corrected chi connectivity index (χ3v) is 5.13. The van der Waals surface area contributed by atoms with E-state index in [9.17, 15) is 19.8 Å². The second-order valence-corrected chi connectivity index (χ2v) is 7.14. The first-order valence-corrected chi connectivity index (χ1v) is 9.60. The summed E-state index contributed by atoms with van der Waals surface area (Å²) in [4.78, 5) is 27.2. The second kappa shape index (κ2) is 9.00. The first-order valence-electron chi connectivity index (χ1n) is 9.60. The number of carbonyl (C=O) groups is 2. The number of benzene rings is 2. The molecule has 0 aromatic heterocycles. The number of ether oxygens (including phenoxy) is 2. The number of carbonyl (C=O) groups excluding carboxylic acids is 2. The van der Waals surface area contributed by atoms with E-state index in [2.05, 4.69) is 0 Å². The summed E-state index contributed by atoms with van der Waals surface area (Å²) in [5, 5.41) is 20.9. The first-order chi connectivity index (χ1) is 14.4. The average molecular weight is 411 g/mol. The quantitative estimate of drug-likeness (QED) is 0.314. The molecule has 1 fully saturated rings. The summed E-state index contributed by atoms with van der Waals surface area (Å²) < 4.78 is 10.3. The number of methoxy groups -OCH3 is 2. The van der Waals surface area contributed by atoms with Gasteiger partial charge >= 0.3 is 0 Å². The van der Waals surface area contributed by atoms with E-state index >= 15 is 0 Å². The molecule has 1 aliphatic heterocycles. The minimum Gasteiger partial charge on any atom is -0.507 e. The molecule has 7 heteroatoms. The zero-order valence-electron chi connectivity index (χ0n) is 17.2. The van der Waals surface area contributed by atoms with E-state index in [0.717, 1.165) is 5.56 Å². The topological polar surface area (TPSA) is 96.3 Å². The summed E-state index contributed by atoms with van der Waals surface area (Å²) in [6.45, 7) is 2.62. The molecule has 2 aromatic carbocycles. The number of likely N-dealkylation sites (tertiary alicyclic amines) is 1. The number of aryl methyl sites for hydroxylation is 1. The van der Waals surface area contributed by atoms with Crippen LogP contribution in [0.15, 0.2) is 48.0 Å². The van der Waals surface area contributed by atoms with E-state index in [1.165, 1.54) is 18.1 Å². The number of aliphatic hydroxyl groups excluding tert-OH is 1. The van der Waals surface area contributed by atoms with Gasteiger partial charge in [0.25, 0.3) is 11.7 Å². The van der Waals surface area contributed by atoms with Gasteiger partial charge in [0, 0.05) is 25.8 Å². The normalized spacial score (nSPS) is 18.1. The lowest BCUT2D eigenvalue weighted by Gasteiger charge is -2.25. The Morgan fingerprint density at radius 3 is 2.43 bits per heavy atom. The van der Waals surface area contributed by atoms with Crippen LogP contribution in [0.25, 0.3) is 5.76 Å². The minimum atomic E-state index is -0.808. The van der Waals surface area contributed by atoms with Crippen molar-refractivity contribution in [2.24, 2.45) is 0 Å². The van der Waals surface area contributed by atoms with E-state index < -0.39 is 17.7 Å². The highest BCUT2D eigenvalue weighted by Gasteiger charge is 2.46. The summed E-state index contributed by atoms with van der Waals surface area (Å²) in [5.74, 6) is -1.51. The Morgan fingerprint density at radius 2 is 1.80 bits per heavy atom. The number of amides is 1. The van der Waals surface area contributed by atoms with Gasteiger partial charge in [-0.2, -0.15) is 0 Å². The molecule has 2 aromatic rings. The van der Waals surface area contributed by atoms with Crippen LogP contribution in [0.4, 0.5) is 0 Å². The van der Waals surface area contributed by atoms with Gasteiger partial charge in [-0.1, -0.05) is 35.9 Å².